The third kappa shape index (κ3) is 4.42. The van der Waals surface area contributed by atoms with E-state index in [1.165, 1.54) is 11.9 Å². The first-order valence-electron chi connectivity index (χ1n) is 6.51. The molecule has 0 aliphatic carbocycles. The third-order valence-electron chi connectivity index (χ3n) is 2.93. The van der Waals surface area contributed by atoms with Crippen LogP contribution in [0.15, 0.2) is 0 Å². The van der Waals surface area contributed by atoms with Crippen molar-refractivity contribution in [3.05, 3.63) is 0 Å². The Balaban J connectivity index is 2.53. The van der Waals surface area contributed by atoms with Crippen LogP contribution in [0.3, 0.4) is 0 Å². The van der Waals surface area contributed by atoms with Gasteiger partial charge in [0.05, 0.1) is 6.54 Å². The normalized spacial score (nSPS) is 18.3. The average molecular weight is 270 g/mol. The van der Waals surface area contributed by atoms with E-state index in [9.17, 15) is 14.4 Å². The number of hydrogen-bond donors (Lipinski definition) is 3. The molecule has 7 heteroatoms. The molecule has 0 aromatic carbocycles. The summed E-state index contributed by atoms with van der Waals surface area (Å²) in [5.41, 5.74) is 0. The van der Waals surface area contributed by atoms with Gasteiger partial charge in [0.15, 0.2) is 0 Å². The number of amides is 4. The van der Waals surface area contributed by atoms with Crippen LogP contribution in [0.2, 0.25) is 0 Å². The molecule has 0 aromatic heterocycles. The molecule has 1 saturated heterocycles. The summed E-state index contributed by atoms with van der Waals surface area (Å²) in [6, 6.07) is -0.682. The number of urea groups is 1. The molecule has 108 valence electrons. The second kappa shape index (κ2) is 6.96. The number of likely N-dealkylation sites (tertiary alicyclic amines) is 1. The van der Waals surface area contributed by atoms with Crippen LogP contribution in [-0.4, -0.2) is 55.0 Å². The van der Waals surface area contributed by atoms with E-state index in [1.807, 2.05) is 13.8 Å². The van der Waals surface area contributed by atoms with E-state index < -0.39 is 6.04 Å². The molecule has 1 aliphatic rings. The molecule has 0 spiro atoms. The van der Waals surface area contributed by atoms with E-state index in [4.69, 9.17) is 0 Å². The highest BCUT2D eigenvalue weighted by atomic mass is 16.2. The molecule has 0 bridgehead atoms. The molecule has 1 atom stereocenters. The van der Waals surface area contributed by atoms with Gasteiger partial charge in [-0.15, -0.1) is 0 Å². The molecule has 4 amide bonds. The smallest absolute Gasteiger partial charge is 0.318 e. The van der Waals surface area contributed by atoms with E-state index in [-0.39, 0.29) is 30.4 Å². The van der Waals surface area contributed by atoms with Crippen LogP contribution in [0.5, 0.6) is 0 Å². The van der Waals surface area contributed by atoms with Gasteiger partial charge in [-0.2, -0.15) is 0 Å². The molecule has 1 rings (SSSR count). The summed E-state index contributed by atoms with van der Waals surface area (Å²) in [5, 5.41) is 7.74. The van der Waals surface area contributed by atoms with Crippen LogP contribution in [0.4, 0.5) is 4.79 Å². The van der Waals surface area contributed by atoms with Crippen LogP contribution >= 0.6 is 0 Å². The second-order valence-electron chi connectivity index (χ2n) is 4.85. The largest absolute Gasteiger partial charge is 0.358 e. The average Bonchev–Trinajstić information content (AvgIpc) is 2.83. The third-order valence-corrected chi connectivity index (χ3v) is 2.93. The molecule has 0 unspecified atom stereocenters. The number of hydrogen-bond acceptors (Lipinski definition) is 3. The fourth-order valence-electron chi connectivity index (χ4n) is 1.99. The minimum absolute atomic E-state index is 0.0303. The lowest BCUT2D eigenvalue weighted by Crippen LogP contribution is -2.51. The number of carbonyl (C=O) groups excluding carboxylic acids is 3. The highest BCUT2D eigenvalue weighted by Gasteiger charge is 2.34. The first kappa shape index (κ1) is 15.3. The van der Waals surface area contributed by atoms with Crippen molar-refractivity contribution in [2.45, 2.75) is 38.8 Å². The molecule has 3 N–H and O–H groups in total. The SMILES string of the molecule is CNC(=O)CNC(=O)[C@@H]1CCCN1C(=O)NC(C)C. The van der Waals surface area contributed by atoms with Gasteiger partial charge in [0.1, 0.15) is 6.04 Å². The zero-order valence-electron chi connectivity index (χ0n) is 11.7. The highest BCUT2D eigenvalue weighted by Crippen LogP contribution is 2.17. The van der Waals surface area contributed by atoms with Gasteiger partial charge in [0, 0.05) is 19.6 Å². The van der Waals surface area contributed by atoms with Crippen LogP contribution < -0.4 is 16.0 Å². The van der Waals surface area contributed by atoms with Crippen LogP contribution in [0, 0.1) is 0 Å². The molecule has 0 aromatic rings. The lowest BCUT2D eigenvalue weighted by atomic mass is 10.2. The molecule has 1 fully saturated rings. The summed E-state index contributed by atoms with van der Waals surface area (Å²) in [5.74, 6) is -0.537. The van der Waals surface area contributed by atoms with E-state index in [0.717, 1.165) is 6.42 Å². The second-order valence-corrected chi connectivity index (χ2v) is 4.85. The number of nitrogens with zero attached hydrogens (tertiary/aromatic N) is 1. The Labute approximate surface area is 113 Å². The van der Waals surface area contributed by atoms with Crippen LogP contribution in [0.1, 0.15) is 26.7 Å². The van der Waals surface area contributed by atoms with Crippen molar-refractivity contribution in [3.63, 3.8) is 0 Å². The van der Waals surface area contributed by atoms with Gasteiger partial charge < -0.3 is 20.9 Å². The molecule has 0 saturated carbocycles. The molecule has 0 radical (unpaired) electrons. The quantitative estimate of drug-likeness (QED) is 0.639. The summed E-state index contributed by atoms with van der Waals surface area (Å²) in [4.78, 5) is 36.5. The number of nitrogens with one attached hydrogen (secondary N) is 3. The first-order valence-corrected chi connectivity index (χ1v) is 6.51. The molecular formula is C12H22N4O3. The summed E-state index contributed by atoms with van der Waals surface area (Å²) >= 11 is 0. The molecule has 1 heterocycles. The number of rotatable bonds is 4. The Bertz CT molecular complexity index is 357. The van der Waals surface area contributed by atoms with E-state index >= 15 is 0 Å². The molecule has 19 heavy (non-hydrogen) atoms. The molecular weight excluding hydrogens is 248 g/mol. The lowest BCUT2D eigenvalue weighted by molar-refractivity contribution is -0.128. The summed E-state index contributed by atoms with van der Waals surface area (Å²) in [6.45, 7) is 4.24. The van der Waals surface area contributed by atoms with Gasteiger partial charge in [-0.25, -0.2) is 4.79 Å². The minimum Gasteiger partial charge on any atom is -0.358 e. The Morgan fingerprint density at radius 3 is 2.58 bits per heavy atom. The Hall–Kier alpha value is -1.79. The van der Waals surface area contributed by atoms with Crippen molar-refractivity contribution in [2.75, 3.05) is 20.1 Å². The zero-order valence-corrected chi connectivity index (χ0v) is 11.7. The number of carbonyl (C=O) groups is 3. The Morgan fingerprint density at radius 2 is 2.00 bits per heavy atom. The molecule has 7 nitrogen and oxygen atoms in total. The van der Waals surface area contributed by atoms with Gasteiger partial charge in [-0.05, 0) is 26.7 Å². The number of likely N-dealkylation sites (N-methyl/N-ethyl adjacent to an activating group) is 1. The van der Waals surface area contributed by atoms with E-state index in [1.54, 1.807) is 0 Å². The highest BCUT2D eigenvalue weighted by molar-refractivity contribution is 5.90. The maximum atomic E-state index is 12.0. The summed E-state index contributed by atoms with van der Waals surface area (Å²) in [6.07, 6.45) is 1.43. The van der Waals surface area contributed by atoms with Gasteiger partial charge in [0.2, 0.25) is 11.8 Å². The fraction of sp³-hybridized carbons (Fsp3) is 0.750. The van der Waals surface area contributed by atoms with Gasteiger partial charge in [-0.1, -0.05) is 0 Å². The molecule has 1 aliphatic heterocycles. The lowest BCUT2D eigenvalue weighted by Gasteiger charge is -2.25. The van der Waals surface area contributed by atoms with E-state index in [2.05, 4.69) is 16.0 Å². The fourth-order valence-corrected chi connectivity index (χ4v) is 1.99. The first-order chi connectivity index (χ1) is 8.95. The van der Waals surface area contributed by atoms with Gasteiger partial charge in [0.25, 0.3) is 0 Å². The van der Waals surface area contributed by atoms with Crippen LogP contribution in [0.25, 0.3) is 0 Å². The van der Waals surface area contributed by atoms with E-state index in [0.29, 0.717) is 13.0 Å². The summed E-state index contributed by atoms with van der Waals surface area (Å²) in [7, 11) is 1.51. The Kier molecular flexibility index (Phi) is 5.59. The van der Waals surface area contributed by atoms with Crippen molar-refractivity contribution >= 4 is 17.8 Å². The van der Waals surface area contributed by atoms with Crippen molar-refractivity contribution in [2.24, 2.45) is 0 Å². The zero-order chi connectivity index (χ0) is 14.4. The predicted molar refractivity (Wildman–Crippen MR) is 70.5 cm³/mol. The summed E-state index contributed by atoms with van der Waals surface area (Å²) < 4.78 is 0. The monoisotopic (exact) mass is 270 g/mol. The van der Waals surface area contributed by atoms with Gasteiger partial charge >= 0.3 is 6.03 Å². The minimum atomic E-state index is -0.483. The Morgan fingerprint density at radius 1 is 1.32 bits per heavy atom. The van der Waals surface area contributed by atoms with Crippen LogP contribution in [-0.2, 0) is 9.59 Å². The topological polar surface area (TPSA) is 90.5 Å². The van der Waals surface area contributed by atoms with Crippen molar-refractivity contribution in [3.8, 4) is 0 Å². The maximum absolute atomic E-state index is 12.0. The van der Waals surface area contributed by atoms with Crippen molar-refractivity contribution in [1.82, 2.24) is 20.9 Å². The van der Waals surface area contributed by atoms with Crippen molar-refractivity contribution < 1.29 is 14.4 Å². The predicted octanol–water partition coefficient (Wildman–Crippen LogP) is -0.569. The van der Waals surface area contributed by atoms with Crippen molar-refractivity contribution in [1.29, 1.82) is 0 Å². The maximum Gasteiger partial charge on any atom is 0.318 e. The standard InChI is InChI=1S/C12H22N4O3/c1-8(2)15-12(19)16-6-4-5-9(16)11(18)14-7-10(17)13-3/h8-9H,4-7H2,1-3H3,(H,13,17)(H,14,18)(H,15,19)/t9-/m0/s1. The van der Waals surface area contributed by atoms with Gasteiger partial charge in [-0.3, -0.25) is 9.59 Å².